The number of nitrogens with zero attached hydrogens (tertiary/aromatic N) is 6. The van der Waals surface area contributed by atoms with Gasteiger partial charge >= 0.3 is 0 Å². The smallest absolute Gasteiger partial charge is 0.282 e. The quantitative estimate of drug-likeness (QED) is 0.344. The Hall–Kier alpha value is -2.56. The van der Waals surface area contributed by atoms with E-state index in [9.17, 15) is 9.18 Å². The minimum absolute atomic E-state index is 0. The number of carbonyl (C=O) groups is 1. The molecule has 2 aliphatic heterocycles. The molecule has 1 atom stereocenters. The molecule has 42 heavy (non-hydrogen) atoms. The van der Waals surface area contributed by atoms with Gasteiger partial charge in [0.25, 0.3) is 11.8 Å². The first kappa shape index (κ1) is 33.9. The molecule has 11 heteroatoms. The molecule has 0 saturated carbocycles. The van der Waals surface area contributed by atoms with Crippen LogP contribution in [0, 0.1) is 17.2 Å². The van der Waals surface area contributed by atoms with Crippen molar-refractivity contribution in [3.05, 3.63) is 35.9 Å². The van der Waals surface area contributed by atoms with E-state index in [0.29, 0.717) is 24.3 Å². The van der Waals surface area contributed by atoms with Gasteiger partial charge in [0.1, 0.15) is 17.9 Å². The molecule has 2 aromatic rings. The minimum atomic E-state index is -0.497. The Kier molecular flexibility index (Phi) is 11.2. The van der Waals surface area contributed by atoms with Crippen LogP contribution >= 0.6 is 12.4 Å². The summed E-state index contributed by atoms with van der Waals surface area (Å²) < 4.78 is 20.4. The largest absolute Gasteiger partial charge is 0.434 e. The molecule has 0 bridgehead atoms. The number of benzene rings is 1. The van der Waals surface area contributed by atoms with Crippen molar-refractivity contribution in [3.8, 4) is 11.6 Å². The summed E-state index contributed by atoms with van der Waals surface area (Å²) in [5.74, 6) is 0.877. The number of hydrogen-bond donors (Lipinski definition) is 1. The highest BCUT2D eigenvalue weighted by Gasteiger charge is 2.50. The van der Waals surface area contributed by atoms with E-state index in [4.69, 9.17) is 4.74 Å². The van der Waals surface area contributed by atoms with Crippen molar-refractivity contribution in [3.63, 3.8) is 0 Å². The summed E-state index contributed by atoms with van der Waals surface area (Å²) in [4.78, 5) is 24.4. The number of aromatic nitrogens is 3. The second-order valence-electron chi connectivity index (χ2n) is 13.1. The molecule has 1 unspecified atom stereocenters. The number of carbonyl (C=O) groups excluding carboxylic acids is 1. The third-order valence-electron chi connectivity index (χ3n) is 8.97. The Morgan fingerprint density at radius 1 is 1.21 bits per heavy atom. The van der Waals surface area contributed by atoms with Gasteiger partial charge in [0.2, 0.25) is 0 Å². The molecule has 2 aliphatic rings. The summed E-state index contributed by atoms with van der Waals surface area (Å²) in [7, 11) is 2.04. The average Bonchev–Trinajstić information content (AvgIpc) is 3.35. The maximum absolute atomic E-state index is 14.3. The van der Waals surface area contributed by atoms with Crippen LogP contribution in [0.2, 0.25) is 0 Å². The SMILES string of the molecule is CCN(C(=O)c1cc(F)ccc1Oc1nncnc1N1CCC2(C1)CN(C(CCC(C)(C)NC)C(C)C)C2)C(C)C.Cl. The predicted octanol–water partition coefficient (Wildman–Crippen LogP) is 5.41. The Balaban J connectivity index is 0.00000484. The summed E-state index contributed by atoms with van der Waals surface area (Å²) in [6, 6.07) is 4.52. The molecule has 9 nitrogen and oxygen atoms in total. The fraction of sp³-hybridized carbons (Fsp3) is 0.677. The van der Waals surface area contributed by atoms with Crippen LogP contribution in [0.4, 0.5) is 10.2 Å². The molecule has 1 aromatic carbocycles. The lowest BCUT2D eigenvalue weighted by Gasteiger charge is -2.53. The predicted molar refractivity (Wildman–Crippen MR) is 167 cm³/mol. The Bertz CT molecular complexity index is 1210. The number of rotatable bonds is 12. The fourth-order valence-electron chi connectivity index (χ4n) is 6.30. The van der Waals surface area contributed by atoms with Gasteiger partial charge in [0.15, 0.2) is 5.82 Å². The van der Waals surface area contributed by atoms with E-state index in [0.717, 1.165) is 39.0 Å². The third kappa shape index (κ3) is 7.50. The van der Waals surface area contributed by atoms with E-state index in [2.05, 4.69) is 58.0 Å². The van der Waals surface area contributed by atoms with Gasteiger partial charge in [-0.25, -0.2) is 9.37 Å². The van der Waals surface area contributed by atoms with Crippen molar-refractivity contribution in [1.82, 2.24) is 30.3 Å². The van der Waals surface area contributed by atoms with E-state index in [1.165, 1.54) is 30.9 Å². The van der Waals surface area contributed by atoms with E-state index in [-0.39, 0.29) is 52.5 Å². The molecule has 1 spiro atoms. The molecule has 1 N–H and O–H groups in total. The lowest BCUT2D eigenvalue weighted by atomic mass is 9.76. The molecular formula is C31H49ClFN7O2. The number of likely N-dealkylation sites (tertiary alicyclic amines) is 1. The highest BCUT2D eigenvalue weighted by atomic mass is 35.5. The van der Waals surface area contributed by atoms with E-state index in [1.54, 1.807) is 4.90 Å². The zero-order valence-electron chi connectivity index (χ0n) is 26.5. The molecule has 3 heterocycles. The molecular weight excluding hydrogens is 557 g/mol. The van der Waals surface area contributed by atoms with Crippen molar-refractivity contribution < 1.29 is 13.9 Å². The number of anilines is 1. The molecule has 1 aromatic heterocycles. The van der Waals surface area contributed by atoms with Gasteiger partial charge in [-0.3, -0.25) is 9.69 Å². The molecule has 2 saturated heterocycles. The van der Waals surface area contributed by atoms with Gasteiger partial charge in [-0.15, -0.1) is 22.6 Å². The zero-order valence-corrected chi connectivity index (χ0v) is 27.3. The Morgan fingerprint density at radius 3 is 2.55 bits per heavy atom. The van der Waals surface area contributed by atoms with Crippen LogP contribution < -0.4 is 15.0 Å². The zero-order chi connectivity index (χ0) is 29.9. The normalized spacial score (nSPS) is 17.4. The van der Waals surface area contributed by atoms with Gasteiger partial charge in [-0.05, 0) is 85.0 Å². The van der Waals surface area contributed by atoms with Crippen LogP contribution in [-0.2, 0) is 0 Å². The number of halogens is 2. The summed E-state index contributed by atoms with van der Waals surface area (Å²) in [6.45, 7) is 19.3. The summed E-state index contributed by atoms with van der Waals surface area (Å²) in [5.41, 5.74) is 0.504. The first-order chi connectivity index (χ1) is 19.4. The molecule has 234 valence electrons. The maximum Gasteiger partial charge on any atom is 0.282 e. The van der Waals surface area contributed by atoms with Crippen molar-refractivity contribution in [1.29, 1.82) is 0 Å². The topological polar surface area (TPSA) is 86.7 Å². The van der Waals surface area contributed by atoms with Gasteiger partial charge in [-0.2, -0.15) is 0 Å². The fourth-order valence-corrected chi connectivity index (χ4v) is 6.30. The molecule has 0 aliphatic carbocycles. The summed E-state index contributed by atoms with van der Waals surface area (Å²) >= 11 is 0. The Morgan fingerprint density at radius 2 is 1.93 bits per heavy atom. The first-order valence-electron chi connectivity index (χ1n) is 15.0. The van der Waals surface area contributed by atoms with Crippen LogP contribution in [0.3, 0.4) is 0 Å². The number of amides is 1. The van der Waals surface area contributed by atoms with E-state index in [1.807, 2.05) is 27.8 Å². The lowest BCUT2D eigenvalue weighted by Crippen LogP contribution is -2.62. The summed E-state index contributed by atoms with van der Waals surface area (Å²) in [6.07, 6.45) is 4.80. The van der Waals surface area contributed by atoms with Crippen molar-refractivity contribution in [2.24, 2.45) is 11.3 Å². The van der Waals surface area contributed by atoms with Gasteiger partial charge in [0.05, 0.1) is 5.56 Å². The van der Waals surface area contributed by atoms with Crippen LogP contribution in [0.25, 0.3) is 0 Å². The third-order valence-corrected chi connectivity index (χ3v) is 8.97. The van der Waals surface area contributed by atoms with Crippen LogP contribution in [0.15, 0.2) is 24.5 Å². The minimum Gasteiger partial charge on any atom is -0.434 e. The van der Waals surface area contributed by atoms with Gasteiger partial charge in [-0.1, -0.05) is 13.8 Å². The van der Waals surface area contributed by atoms with E-state index >= 15 is 0 Å². The van der Waals surface area contributed by atoms with Gasteiger partial charge < -0.3 is 19.9 Å². The van der Waals surface area contributed by atoms with Crippen molar-refractivity contribution in [2.45, 2.75) is 85.4 Å². The van der Waals surface area contributed by atoms with E-state index < -0.39 is 5.82 Å². The standard InChI is InChI=1S/C31H48FN7O2.ClH/c1-9-39(22(4)5)29(40)24-16-23(32)10-11-26(24)41-28-27(34-20-35-36-28)37-15-14-31(17-37)18-38(19-31)25(21(2)3)12-13-30(6,7)33-8;/h10-11,16,20-22,25,33H,9,12-15,17-19H2,1-8H3;1H. The second-order valence-corrected chi connectivity index (χ2v) is 13.1. The van der Waals surface area contributed by atoms with Crippen molar-refractivity contribution in [2.75, 3.05) is 44.7 Å². The molecule has 0 radical (unpaired) electrons. The number of hydrogen-bond acceptors (Lipinski definition) is 8. The Labute approximate surface area is 257 Å². The highest BCUT2D eigenvalue weighted by Crippen LogP contribution is 2.44. The van der Waals surface area contributed by atoms with Gasteiger partial charge in [0, 0.05) is 55.8 Å². The average molecular weight is 606 g/mol. The first-order valence-corrected chi connectivity index (χ1v) is 15.0. The van der Waals surface area contributed by atoms with Crippen LogP contribution in [0.5, 0.6) is 11.6 Å². The number of nitrogens with one attached hydrogen (secondary N) is 1. The summed E-state index contributed by atoms with van der Waals surface area (Å²) in [5, 5.41) is 11.6. The van der Waals surface area contributed by atoms with Crippen LogP contribution in [-0.4, -0.2) is 88.3 Å². The van der Waals surface area contributed by atoms with Crippen LogP contribution in [0.1, 0.15) is 78.1 Å². The second kappa shape index (κ2) is 13.8. The molecule has 4 rings (SSSR count). The monoisotopic (exact) mass is 605 g/mol. The lowest BCUT2D eigenvalue weighted by molar-refractivity contribution is -0.0355. The highest BCUT2D eigenvalue weighted by molar-refractivity contribution is 5.97. The number of ether oxygens (including phenoxy) is 1. The molecule has 2 fully saturated rings. The maximum atomic E-state index is 14.3. The molecule has 1 amide bonds. The van der Waals surface area contributed by atoms with Crippen molar-refractivity contribution >= 4 is 24.1 Å².